The molecule has 0 aromatic carbocycles. The Bertz CT molecular complexity index is 409. The Kier molecular flexibility index (Phi) is 6.42. The minimum Gasteiger partial charge on any atom is -0.383 e. The Morgan fingerprint density at radius 1 is 1.30 bits per heavy atom. The first-order chi connectivity index (χ1) is 9.79. The molecule has 0 bridgehead atoms. The van der Waals surface area contributed by atoms with E-state index in [2.05, 4.69) is 15.6 Å². The Labute approximate surface area is 124 Å². The molecule has 2 rings (SSSR count). The van der Waals surface area contributed by atoms with Crippen molar-refractivity contribution in [1.29, 1.82) is 0 Å². The highest BCUT2D eigenvalue weighted by Gasteiger charge is 2.14. The molecule has 0 saturated heterocycles. The molecule has 0 radical (unpaired) electrons. The van der Waals surface area contributed by atoms with Gasteiger partial charge in [0.15, 0.2) is 5.13 Å². The summed E-state index contributed by atoms with van der Waals surface area (Å²) in [6.07, 6.45) is 7.21. The van der Waals surface area contributed by atoms with Crippen LogP contribution in [0.2, 0.25) is 0 Å². The second-order valence-corrected chi connectivity index (χ2v) is 6.10. The van der Waals surface area contributed by atoms with Crippen LogP contribution in [0.15, 0.2) is 0 Å². The van der Waals surface area contributed by atoms with Crippen LogP contribution in [0, 0.1) is 0 Å². The molecule has 20 heavy (non-hydrogen) atoms. The number of carbonyl (C=O) groups is 1. The van der Waals surface area contributed by atoms with E-state index < -0.39 is 0 Å². The Morgan fingerprint density at radius 2 is 2.10 bits per heavy atom. The van der Waals surface area contributed by atoms with Gasteiger partial charge in [-0.1, -0.05) is 12.8 Å². The summed E-state index contributed by atoms with van der Waals surface area (Å²) in [5.41, 5.74) is 1.19. The maximum absolute atomic E-state index is 11.8. The first-order valence-electron chi connectivity index (χ1n) is 7.27. The third kappa shape index (κ3) is 4.85. The number of anilines is 1. The van der Waals surface area contributed by atoms with Gasteiger partial charge in [0.2, 0.25) is 5.91 Å². The average molecular weight is 297 g/mol. The molecule has 1 heterocycles. The van der Waals surface area contributed by atoms with Gasteiger partial charge in [-0.25, -0.2) is 4.98 Å². The van der Waals surface area contributed by atoms with Gasteiger partial charge >= 0.3 is 0 Å². The topological polar surface area (TPSA) is 63.2 Å². The minimum atomic E-state index is -0.0391. The minimum absolute atomic E-state index is 0.0391. The summed E-state index contributed by atoms with van der Waals surface area (Å²) in [4.78, 5) is 17.7. The van der Waals surface area contributed by atoms with Crippen molar-refractivity contribution >= 4 is 22.4 Å². The van der Waals surface area contributed by atoms with Gasteiger partial charge in [0.25, 0.3) is 0 Å². The number of rotatable bonds is 6. The van der Waals surface area contributed by atoms with E-state index in [4.69, 9.17) is 4.74 Å². The van der Waals surface area contributed by atoms with Gasteiger partial charge in [0.1, 0.15) is 0 Å². The van der Waals surface area contributed by atoms with Gasteiger partial charge in [-0.15, -0.1) is 11.3 Å². The maximum atomic E-state index is 11.8. The molecule has 2 N–H and O–H groups in total. The lowest BCUT2D eigenvalue weighted by Gasteiger charge is -2.06. The van der Waals surface area contributed by atoms with Gasteiger partial charge in [0.05, 0.1) is 18.8 Å². The lowest BCUT2D eigenvalue weighted by molar-refractivity contribution is -0.115. The number of methoxy groups -OCH3 is 1. The van der Waals surface area contributed by atoms with E-state index in [1.807, 2.05) is 0 Å². The van der Waals surface area contributed by atoms with Crippen LogP contribution in [-0.2, 0) is 22.4 Å². The van der Waals surface area contributed by atoms with Gasteiger partial charge in [-0.05, 0) is 25.7 Å². The molecule has 0 aliphatic heterocycles. The van der Waals surface area contributed by atoms with Crippen molar-refractivity contribution in [2.45, 2.75) is 38.5 Å². The second-order valence-electron chi connectivity index (χ2n) is 5.02. The third-order valence-electron chi connectivity index (χ3n) is 3.36. The molecule has 1 aliphatic rings. The number of nitrogens with one attached hydrogen (secondary N) is 2. The van der Waals surface area contributed by atoms with Gasteiger partial charge in [-0.2, -0.15) is 0 Å². The number of hydrogen-bond donors (Lipinski definition) is 2. The third-order valence-corrected chi connectivity index (χ3v) is 4.43. The van der Waals surface area contributed by atoms with E-state index in [1.165, 1.54) is 36.3 Å². The lowest BCUT2D eigenvalue weighted by Crippen LogP contribution is -2.30. The lowest BCUT2D eigenvalue weighted by atomic mass is 10.0. The smallest absolute Gasteiger partial charge is 0.240 e. The average Bonchev–Trinajstić information content (AvgIpc) is 2.76. The van der Waals surface area contributed by atoms with Gasteiger partial charge in [0, 0.05) is 18.5 Å². The second kappa shape index (κ2) is 8.34. The summed E-state index contributed by atoms with van der Waals surface area (Å²) in [7, 11) is 1.65. The van der Waals surface area contributed by atoms with E-state index in [9.17, 15) is 4.79 Å². The molecule has 1 aromatic rings. The van der Waals surface area contributed by atoms with Crippen LogP contribution in [-0.4, -0.2) is 37.7 Å². The number of thiazole rings is 1. The molecule has 1 aliphatic carbocycles. The quantitative estimate of drug-likeness (QED) is 0.788. The largest absolute Gasteiger partial charge is 0.383 e. The zero-order valence-corrected chi connectivity index (χ0v) is 12.9. The number of aromatic nitrogens is 1. The zero-order chi connectivity index (χ0) is 14.2. The number of aryl methyl sites for hydroxylation is 2. The monoisotopic (exact) mass is 297 g/mol. The van der Waals surface area contributed by atoms with Crippen LogP contribution in [0.1, 0.15) is 36.3 Å². The first kappa shape index (κ1) is 15.4. The van der Waals surface area contributed by atoms with Crippen molar-refractivity contribution in [3.8, 4) is 0 Å². The molecule has 0 spiro atoms. The molecule has 0 atom stereocenters. The van der Waals surface area contributed by atoms with Crippen molar-refractivity contribution in [2.75, 3.05) is 32.1 Å². The molecule has 0 saturated carbocycles. The predicted molar refractivity (Wildman–Crippen MR) is 81.4 cm³/mol. The zero-order valence-electron chi connectivity index (χ0n) is 12.0. The molecule has 0 unspecified atom stereocenters. The molecule has 6 heteroatoms. The fourth-order valence-corrected chi connectivity index (χ4v) is 3.36. The van der Waals surface area contributed by atoms with E-state index in [0.717, 1.165) is 18.0 Å². The summed E-state index contributed by atoms with van der Waals surface area (Å²) in [5.74, 6) is -0.0391. The summed E-state index contributed by atoms with van der Waals surface area (Å²) >= 11 is 1.63. The summed E-state index contributed by atoms with van der Waals surface area (Å²) in [6.45, 7) is 1.59. The Hall–Kier alpha value is -0.980. The van der Waals surface area contributed by atoms with Crippen molar-refractivity contribution in [2.24, 2.45) is 0 Å². The number of amides is 1. The normalized spacial score (nSPS) is 15.2. The van der Waals surface area contributed by atoms with E-state index >= 15 is 0 Å². The van der Waals surface area contributed by atoms with Crippen LogP contribution < -0.4 is 10.6 Å². The van der Waals surface area contributed by atoms with Gasteiger partial charge in [-0.3, -0.25) is 4.79 Å². The fourth-order valence-electron chi connectivity index (χ4n) is 2.30. The van der Waals surface area contributed by atoms with Crippen LogP contribution in [0.25, 0.3) is 0 Å². The SMILES string of the molecule is COCCNCC(=O)Nc1nc2c(s1)CCCCCC2. The summed E-state index contributed by atoms with van der Waals surface area (Å²) in [5, 5.41) is 6.66. The maximum Gasteiger partial charge on any atom is 0.240 e. The van der Waals surface area contributed by atoms with Gasteiger partial charge < -0.3 is 15.4 Å². The molecular formula is C14H23N3O2S. The van der Waals surface area contributed by atoms with E-state index in [1.54, 1.807) is 18.4 Å². The summed E-state index contributed by atoms with van der Waals surface area (Å²) < 4.78 is 4.92. The summed E-state index contributed by atoms with van der Waals surface area (Å²) in [6, 6.07) is 0. The number of fused-ring (bicyclic) bond motifs is 1. The van der Waals surface area contributed by atoms with Crippen LogP contribution in [0.4, 0.5) is 5.13 Å². The van der Waals surface area contributed by atoms with E-state index in [-0.39, 0.29) is 5.91 Å². The van der Waals surface area contributed by atoms with Crippen molar-refractivity contribution < 1.29 is 9.53 Å². The molecule has 112 valence electrons. The molecular weight excluding hydrogens is 274 g/mol. The first-order valence-corrected chi connectivity index (χ1v) is 8.09. The van der Waals surface area contributed by atoms with Crippen molar-refractivity contribution in [3.63, 3.8) is 0 Å². The highest BCUT2D eigenvalue weighted by molar-refractivity contribution is 7.15. The Balaban J connectivity index is 1.83. The molecule has 1 amide bonds. The van der Waals surface area contributed by atoms with Crippen molar-refractivity contribution in [3.05, 3.63) is 10.6 Å². The van der Waals surface area contributed by atoms with Crippen LogP contribution >= 0.6 is 11.3 Å². The molecule has 1 aromatic heterocycles. The standard InChI is InChI=1S/C14H23N3O2S/c1-19-9-8-15-10-13(18)17-14-16-11-6-4-2-3-5-7-12(11)20-14/h15H,2-10H2,1H3,(H,16,17,18). The number of carbonyl (C=O) groups excluding carboxylic acids is 1. The highest BCUT2D eigenvalue weighted by atomic mass is 32.1. The fraction of sp³-hybridized carbons (Fsp3) is 0.714. The molecule has 5 nitrogen and oxygen atoms in total. The van der Waals surface area contributed by atoms with Crippen LogP contribution in [0.3, 0.4) is 0 Å². The number of ether oxygens (including phenoxy) is 1. The number of hydrogen-bond acceptors (Lipinski definition) is 5. The van der Waals surface area contributed by atoms with E-state index in [0.29, 0.717) is 19.7 Å². The predicted octanol–water partition coefficient (Wildman–Crippen LogP) is 1.98. The molecule has 0 fully saturated rings. The Morgan fingerprint density at radius 3 is 2.90 bits per heavy atom. The number of nitrogens with zero attached hydrogens (tertiary/aromatic N) is 1. The van der Waals surface area contributed by atoms with Crippen molar-refractivity contribution in [1.82, 2.24) is 10.3 Å². The van der Waals surface area contributed by atoms with Crippen LogP contribution in [0.5, 0.6) is 0 Å². The highest BCUT2D eigenvalue weighted by Crippen LogP contribution is 2.28.